The highest BCUT2D eigenvalue weighted by molar-refractivity contribution is 5.73. The zero-order valence-electron chi connectivity index (χ0n) is 15.6. The van der Waals surface area contributed by atoms with Crippen LogP contribution < -0.4 is 10.1 Å². The van der Waals surface area contributed by atoms with Crippen LogP contribution in [-0.4, -0.2) is 48.3 Å². The number of rotatable bonds is 4. The summed E-state index contributed by atoms with van der Waals surface area (Å²) in [6, 6.07) is 10.1. The summed E-state index contributed by atoms with van der Waals surface area (Å²) in [6.45, 7) is 3.47. The van der Waals surface area contributed by atoms with Crippen molar-refractivity contribution in [2.75, 3.05) is 6.61 Å². The molecular weight excluding hydrogens is 366 g/mol. The Balaban J connectivity index is 1.55. The smallest absolute Gasteiger partial charge is 0.223 e. The van der Waals surface area contributed by atoms with Gasteiger partial charge in [0.25, 0.3) is 0 Å². The number of carbonyl (C=O) groups excluding carboxylic acids is 1. The number of ether oxygens (including phenoxy) is 4. The van der Waals surface area contributed by atoms with Gasteiger partial charge in [0.1, 0.15) is 30.1 Å². The lowest BCUT2D eigenvalue weighted by Crippen LogP contribution is -2.67. The monoisotopic (exact) mass is 389 g/mol. The van der Waals surface area contributed by atoms with E-state index in [1.807, 2.05) is 31.2 Å². The summed E-state index contributed by atoms with van der Waals surface area (Å²) >= 11 is 0. The Labute approximate surface area is 162 Å². The number of hydrogen-bond acceptors (Lipinski definition) is 7. The zero-order valence-corrected chi connectivity index (χ0v) is 15.6. The molecule has 2 aliphatic rings. The van der Waals surface area contributed by atoms with Crippen LogP contribution in [0.3, 0.4) is 0 Å². The van der Waals surface area contributed by atoms with Crippen LogP contribution in [0.1, 0.15) is 24.5 Å². The molecule has 4 rings (SSSR count). The molecule has 0 radical (unpaired) electrons. The van der Waals surface area contributed by atoms with Crippen molar-refractivity contribution in [3.8, 4) is 5.75 Å². The average Bonchev–Trinajstić information content (AvgIpc) is 3.21. The van der Waals surface area contributed by atoms with E-state index in [-0.39, 0.29) is 12.5 Å². The number of aliphatic hydroxyl groups excluding tert-OH is 1. The van der Waals surface area contributed by atoms with Gasteiger partial charge in [0, 0.05) is 6.92 Å². The van der Waals surface area contributed by atoms with Gasteiger partial charge in [-0.05, 0) is 30.7 Å². The second-order valence-electron chi connectivity index (χ2n) is 6.92. The number of aryl methyl sites for hydroxylation is 1. The number of nitrogens with one attached hydrogen (secondary N) is 1. The predicted molar refractivity (Wildman–Crippen MR) is 96.4 cm³/mol. The number of aliphatic hydroxyl groups is 1. The Bertz CT molecular complexity index is 809. The van der Waals surface area contributed by atoms with Gasteiger partial charge in [-0.2, -0.15) is 0 Å². The van der Waals surface area contributed by atoms with Crippen molar-refractivity contribution in [3.05, 3.63) is 54.0 Å². The molecular formula is C20H23NO7. The number of benzene rings is 1. The first-order valence-corrected chi connectivity index (χ1v) is 9.16. The molecule has 0 bridgehead atoms. The summed E-state index contributed by atoms with van der Waals surface area (Å²) in [4.78, 5) is 11.7. The highest BCUT2D eigenvalue weighted by Crippen LogP contribution is 2.35. The summed E-state index contributed by atoms with van der Waals surface area (Å²) in [7, 11) is 0. The standard InChI is InChI=1S/C20H23NO7/c1-11-6-3-4-7-13(11)26-20-16(21-12(2)22)17(23)18-15(27-20)10-25-19(28-18)14-8-5-9-24-14/h3-9,15-20,23H,10H2,1-2H3,(H,21,22)/t15-,16+,17+,18+,19+,20-/m1/s1. The minimum absolute atomic E-state index is 0.188. The van der Waals surface area contributed by atoms with E-state index in [4.69, 9.17) is 23.4 Å². The molecule has 0 spiro atoms. The zero-order chi connectivity index (χ0) is 19.7. The minimum Gasteiger partial charge on any atom is -0.464 e. The van der Waals surface area contributed by atoms with Crippen molar-refractivity contribution in [2.24, 2.45) is 0 Å². The maximum absolute atomic E-state index is 11.7. The Morgan fingerprint density at radius 2 is 2.04 bits per heavy atom. The fourth-order valence-corrected chi connectivity index (χ4v) is 3.46. The topological polar surface area (TPSA) is 99.4 Å². The molecule has 8 nitrogen and oxygen atoms in total. The lowest BCUT2D eigenvalue weighted by Gasteiger charge is -2.47. The van der Waals surface area contributed by atoms with Gasteiger partial charge < -0.3 is 33.8 Å². The quantitative estimate of drug-likeness (QED) is 0.821. The molecule has 0 saturated carbocycles. The van der Waals surface area contributed by atoms with E-state index in [0.717, 1.165) is 5.56 Å². The van der Waals surface area contributed by atoms with E-state index < -0.39 is 36.9 Å². The molecule has 0 unspecified atom stereocenters. The Morgan fingerprint density at radius 3 is 2.75 bits per heavy atom. The lowest BCUT2D eigenvalue weighted by molar-refractivity contribution is -0.336. The molecule has 6 atom stereocenters. The Hall–Kier alpha value is -2.39. The van der Waals surface area contributed by atoms with Gasteiger partial charge in [0.05, 0.1) is 12.9 Å². The third kappa shape index (κ3) is 3.77. The first-order chi connectivity index (χ1) is 13.5. The number of hydrogen-bond donors (Lipinski definition) is 2. The number of amides is 1. The van der Waals surface area contributed by atoms with Crippen molar-refractivity contribution in [3.63, 3.8) is 0 Å². The molecule has 8 heteroatoms. The molecule has 2 saturated heterocycles. The van der Waals surface area contributed by atoms with Gasteiger partial charge in [0.2, 0.25) is 18.5 Å². The third-order valence-electron chi connectivity index (χ3n) is 4.85. The number of carbonyl (C=O) groups is 1. The number of fused-ring (bicyclic) bond motifs is 1. The summed E-state index contributed by atoms with van der Waals surface area (Å²) < 4.78 is 28.9. The average molecular weight is 389 g/mol. The normalized spacial score (nSPS) is 32.4. The fraction of sp³-hybridized carbons (Fsp3) is 0.450. The van der Waals surface area contributed by atoms with Crippen molar-refractivity contribution in [1.29, 1.82) is 0 Å². The molecule has 2 fully saturated rings. The molecule has 2 aliphatic heterocycles. The largest absolute Gasteiger partial charge is 0.464 e. The molecule has 2 aromatic rings. The van der Waals surface area contributed by atoms with Crippen molar-refractivity contribution in [2.45, 2.75) is 50.8 Å². The molecule has 2 N–H and O–H groups in total. The number of para-hydroxylation sites is 1. The van der Waals surface area contributed by atoms with Crippen LogP contribution in [0.15, 0.2) is 47.1 Å². The highest BCUT2D eigenvalue weighted by atomic mass is 16.8. The molecule has 3 heterocycles. The van der Waals surface area contributed by atoms with Gasteiger partial charge in [0.15, 0.2) is 5.76 Å². The van der Waals surface area contributed by atoms with Crippen LogP contribution >= 0.6 is 0 Å². The van der Waals surface area contributed by atoms with E-state index in [1.165, 1.54) is 13.2 Å². The Kier molecular flexibility index (Phi) is 5.36. The van der Waals surface area contributed by atoms with Crippen LogP contribution in [0.2, 0.25) is 0 Å². The molecule has 1 amide bonds. The maximum Gasteiger partial charge on any atom is 0.223 e. The first-order valence-electron chi connectivity index (χ1n) is 9.16. The van der Waals surface area contributed by atoms with Crippen LogP contribution in [0.25, 0.3) is 0 Å². The second kappa shape index (κ2) is 7.92. The van der Waals surface area contributed by atoms with Crippen LogP contribution in [0.4, 0.5) is 0 Å². The maximum atomic E-state index is 11.7. The molecule has 150 valence electrons. The summed E-state index contributed by atoms with van der Waals surface area (Å²) in [5.74, 6) is 0.804. The second-order valence-corrected chi connectivity index (χ2v) is 6.92. The van der Waals surface area contributed by atoms with E-state index in [1.54, 1.807) is 12.1 Å². The molecule has 0 aliphatic carbocycles. The van der Waals surface area contributed by atoms with Crippen molar-refractivity contribution >= 4 is 5.91 Å². The molecule has 28 heavy (non-hydrogen) atoms. The van der Waals surface area contributed by atoms with E-state index in [0.29, 0.717) is 11.5 Å². The summed E-state index contributed by atoms with van der Waals surface area (Å²) in [6.07, 6.45) is -2.45. The first kappa shape index (κ1) is 18.9. The van der Waals surface area contributed by atoms with Gasteiger partial charge in [-0.3, -0.25) is 4.79 Å². The van der Waals surface area contributed by atoms with Gasteiger partial charge >= 0.3 is 0 Å². The molecule has 1 aromatic heterocycles. The number of furan rings is 1. The fourth-order valence-electron chi connectivity index (χ4n) is 3.46. The van der Waals surface area contributed by atoms with Gasteiger partial charge in [-0.1, -0.05) is 18.2 Å². The van der Waals surface area contributed by atoms with Crippen molar-refractivity contribution < 1.29 is 33.3 Å². The van der Waals surface area contributed by atoms with E-state index in [9.17, 15) is 9.90 Å². The van der Waals surface area contributed by atoms with Crippen LogP contribution in [0, 0.1) is 6.92 Å². The van der Waals surface area contributed by atoms with Crippen molar-refractivity contribution in [1.82, 2.24) is 5.32 Å². The summed E-state index contributed by atoms with van der Waals surface area (Å²) in [5.41, 5.74) is 0.915. The highest BCUT2D eigenvalue weighted by Gasteiger charge is 2.51. The minimum atomic E-state index is -1.06. The van der Waals surface area contributed by atoms with Crippen LogP contribution in [0.5, 0.6) is 5.75 Å². The van der Waals surface area contributed by atoms with Gasteiger partial charge in [-0.25, -0.2) is 0 Å². The van der Waals surface area contributed by atoms with E-state index in [2.05, 4.69) is 5.32 Å². The van der Waals surface area contributed by atoms with Gasteiger partial charge in [-0.15, -0.1) is 0 Å². The summed E-state index contributed by atoms with van der Waals surface area (Å²) in [5, 5.41) is 13.7. The SMILES string of the molecule is CC(=O)N[C@@H]1[C@H](Oc2ccccc2C)O[C@@H]2CO[C@H](c3ccco3)O[C@@H]2[C@H]1O. The predicted octanol–water partition coefficient (Wildman–Crippen LogP) is 1.67. The Morgan fingerprint density at radius 1 is 1.21 bits per heavy atom. The molecule has 1 aromatic carbocycles. The third-order valence-corrected chi connectivity index (χ3v) is 4.85. The van der Waals surface area contributed by atoms with Crippen LogP contribution in [-0.2, 0) is 19.0 Å². The van der Waals surface area contributed by atoms with E-state index >= 15 is 0 Å². The lowest BCUT2D eigenvalue weighted by atomic mass is 9.96.